The molecule has 0 aliphatic carbocycles. The van der Waals surface area contributed by atoms with Crippen LogP contribution in [0.15, 0.2) is 12.7 Å². The maximum absolute atomic E-state index is 11.0. The largest absolute Gasteiger partial charge is 0.443 e. The lowest BCUT2D eigenvalue weighted by molar-refractivity contribution is -0.145. The van der Waals surface area contributed by atoms with E-state index in [4.69, 9.17) is 4.74 Å². The first-order valence-electron chi connectivity index (χ1n) is 3.68. The standard InChI is InChI=1S/C8H12O2S/c1-4-8(5-2)10-7(9)6(3)11-8/h4,6H,1,5H2,2-3H3. The average Bonchev–Trinajstić information content (AvgIpc) is 2.29. The molecule has 0 saturated carbocycles. The molecule has 0 aromatic heterocycles. The number of hydrogen-bond acceptors (Lipinski definition) is 3. The van der Waals surface area contributed by atoms with Crippen molar-refractivity contribution in [1.82, 2.24) is 0 Å². The SMILES string of the molecule is C=CC1(CC)OC(=O)C(C)S1. The van der Waals surface area contributed by atoms with Crippen molar-refractivity contribution in [1.29, 1.82) is 0 Å². The Kier molecular flexibility index (Phi) is 2.28. The third-order valence-electron chi connectivity index (χ3n) is 1.79. The first-order valence-corrected chi connectivity index (χ1v) is 4.56. The van der Waals surface area contributed by atoms with E-state index < -0.39 is 4.93 Å². The van der Waals surface area contributed by atoms with Crippen LogP contribution in [-0.2, 0) is 9.53 Å². The van der Waals surface area contributed by atoms with E-state index in [0.29, 0.717) is 0 Å². The second-order valence-corrected chi connectivity index (χ2v) is 4.18. The lowest BCUT2D eigenvalue weighted by atomic mass is 10.2. The maximum Gasteiger partial charge on any atom is 0.320 e. The van der Waals surface area contributed by atoms with Gasteiger partial charge in [-0.05, 0) is 19.4 Å². The zero-order valence-corrected chi connectivity index (χ0v) is 7.61. The van der Waals surface area contributed by atoms with Gasteiger partial charge in [0.1, 0.15) is 5.25 Å². The molecule has 0 radical (unpaired) electrons. The van der Waals surface area contributed by atoms with Crippen molar-refractivity contribution in [2.75, 3.05) is 0 Å². The summed E-state index contributed by atoms with van der Waals surface area (Å²) in [5.74, 6) is -0.128. The molecule has 2 nitrogen and oxygen atoms in total. The fourth-order valence-corrected chi connectivity index (χ4v) is 2.15. The molecule has 1 fully saturated rings. The van der Waals surface area contributed by atoms with E-state index in [9.17, 15) is 4.79 Å². The van der Waals surface area contributed by atoms with Crippen molar-refractivity contribution in [3.63, 3.8) is 0 Å². The molecule has 2 unspecified atom stereocenters. The van der Waals surface area contributed by atoms with Crippen molar-refractivity contribution in [2.24, 2.45) is 0 Å². The van der Waals surface area contributed by atoms with Gasteiger partial charge in [0.2, 0.25) is 0 Å². The highest BCUT2D eigenvalue weighted by atomic mass is 32.2. The van der Waals surface area contributed by atoms with Crippen LogP contribution >= 0.6 is 11.8 Å². The van der Waals surface area contributed by atoms with Crippen LogP contribution in [0.4, 0.5) is 0 Å². The number of cyclic esters (lactones) is 1. The smallest absolute Gasteiger partial charge is 0.320 e. The Bertz CT molecular complexity index is 191. The molecular formula is C8H12O2S. The Morgan fingerprint density at radius 2 is 2.55 bits per heavy atom. The van der Waals surface area contributed by atoms with Gasteiger partial charge in [0.15, 0.2) is 4.93 Å². The minimum absolute atomic E-state index is 0.0482. The second-order valence-electron chi connectivity index (χ2n) is 2.55. The van der Waals surface area contributed by atoms with E-state index in [0.717, 1.165) is 6.42 Å². The first-order chi connectivity index (χ1) is 5.13. The lowest BCUT2D eigenvalue weighted by Crippen LogP contribution is -2.20. The van der Waals surface area contributed by atoms with E-state index in [2.05, 4.69) is 6.58 Å². The van der Waals surface area contributed by atoms with Gasteiger partial charge < -0.3 is 4.74 Å². The lowest BCUT2D eigenvalue weighted by Gasteiger charge is -2.19. The van der Waals surface area contributed by atoms with Crippen LogP contribution in [-0.4, -0.2) is 16.2 Å². The molecule has 1 saturated heterocycles. The van der Waals surface area contributed by atoms with Crippen molar-refractivity contribution >= 4 is 17.7 Å². The molecule has 0 aromatic rings. The molecule has 62 valence electrons. The number of ether oxygens (including phenoxy) is 1. The van der Waals surface area contributed by atoms with Gasteiger partial charge in [0, 0.05) is 0 Å². The summed E-state index contributed by atoms with van der Waals surface area (Å²) in [7, 11) is 0. The van der Waals surface area contributed by atoms with Crippen LogP contribution in [0.3, 0.4) is 0 Å². The minimum atomic E-state index is -0.448. The van der Waals surface area contributed by atoms with Crippen LogP contribution in [0, 0.1) is 0 Å². The molecule has 0 N–H and O–H groups in total. The highest BCUT2D eigenvalue weighted by Crippen LogP contribution is 2.41. The molecular weight excluding hydrogens is 160 g/mol. The summed E-state index contributed by atoms with van der Waals surface area (Å²) in [6.07, 6.45) is 2.50. The zero-order valence-electron chi connectivity index (χ0n) is 6.79. The van der Waals surface area contributed by atoms with E-state index >= 15 is 0 Å². The van der Waals surface area contributed by atoms with E-state index in [-0.39, 0.29) is 11.2 Å². The normalized spacial score (nSPS) is 36.9. The summed E-state index contributed by atoms with van der Waals surface area (Å²) in [5.41, 5.74) is 0. The van der Waals surface area contributed by atoms with Gasteiger partial charge in [0.05, 0.1) is 0 Å². The Morgan fingerprint density at radius 1 is 1.91 bits per heavy atom. The summed E-state index contributed by atoms with van der Waals surface area (Å²) in [4.78, 5) is 10.6. The van der Waals surface area contributed by atoms with Crippen LogP contribution in [0.1, 0.15) is 20.3 Å². The van der Waals surface area contributed by atoms with Crippen LogP contribution in [0.25, 0.3) is 0 Å². The molecule has 2 atom stereocenters. The van der Waals surface area contributed by atoms with Gasteiger partial charge in [-0.3, -0.25) is 4.79 Å². The number of carbonyl (C=O) groups is 1. The van der Waals surface area contributed by atoms with Crippen molar-refractivity contribution in [3.05, 3.63) is 12.7 Å². The van der Waals surface area contributed by atoms with Gasteiger partial charge in [-0.2, -0.15) is 0 Å². The summed E-state index contributed by atoms with van der Waals surface area (Å²) in [6, 6.07) is 0. The molecule has 1 aliphatic rings. The maximum atomic E-state index is 11.0. The average molecular weight is 172 g/mol. The van der Waals surface area contributed by atoms with Gasteiger partial charge >= 0.3 is 5.97 Å². The van der Waals surface area contributed by atoms with Gasteiger partial charge in [-0.1, -0.05) is 25.3 Å². The third-order valence-corrected chi connectivity index (χ3v) is 3.27. The highest BCUT2D eigenvalue weighted by molar-refractivity contribution is 8.02. The monoisotopic (exact) mass is 172 g/mol. The van der Waals surface area contributed by atoms with E-state index in [1.165, 1.54) is 11.8 Å². The fourth-order valence-electron chi connectivity index (χ4n) is 1.01. The second kappa shape index (κ2) is 2.89. The molecule has 1 rings (SSSR count). The van der Waals surface area contributed by atoms with Crippen LogP contribution < -0.4 is 0 Å². The number of rotatable bonds is 2. The summed E-state index contributed by atoms with van der Waals surface area (Å²) in [5, 5.41) is -0.0482. The van der Waals surface area contributed by atoms with Gasteiger partial charge in [0.25, 0.3) is 0 Å². The third kappa shape index (κ3) is 1.43. The first kappa shape index (κ1) is 8.65. The topological polar surface area (TPSA) is 26.3 Å². The predicted molar refractivity (Wildman–Crippen MR) is 46.4 cm³/mol. The Balaban J connectivity index is 2.76. The fraction of sp³-hybridized carbons (Fsp3) is 0.625. The Hall–Kier alpha value is -0.440. The number of carbonyl (C=O) groups excluding carboxylic acids is 1. The number of thioether (sulfide) groups is 1. The molecule has 1 heterocycles. The van der Waals surface area contributed by atoms with Gasteiger partial charge in [-0.15, -0.1) is 0 Å². The quantitative estimate of drug-likeness (QED) is 0.470. The molecule has 0 amide bonds. The summed E-state index contributed by atoms with van der Waals surface area (Å²) in [6.45, 7) is 7.50. The Labute approximate surface area is 71.0 Å². The van der Waals surface area contributed by atoms with Crippen molar-refractivity contribution in [3.8, 4) is 0 Å². The van der Waals surface area contributed by atoms with E-state index in [1.54, 1.807) is 6.08 Å². The summed E-state index contributed by atoms with van der Waals surface area (Å²) < 4.78 is 5.17. The number of esters is 1. The molecule has 11 heavy (non-hydrogen) atoms. The van der Waals surface area contributed by atoms with E-state index in [1.807, 2.05) is 13.8 Å². The van der Waals surface area contributed by atoms with Crippen molar-refractivity contribution < 1.29 is 9.53 Å². The number of hydrogen-bond donors (Lipinski definition) is 0. The molecule has 0 aromatic carbocycles. The molecule has 1 aliphatic heterocycles. The summed E-state index contributed by atoms with van der Waals surface area (Å²) >= 11 is 1.53. The highest BCUT2D eigenvalue weighted by Gasteiger charge is 2.41. The predicted octanol–water partition coefficient (Wildman–Crippen LogP) is 1.96. The molecule has 0 spiro atoms. The zero-order chi connectivity index (χ0) is 8.48. The minimum Gasteiger partial charge on any atom is -0.443 e. The molecule has 0 bridgehead atoms. The molecule has 3 heteroatoms. The van der Waals surface area contributed by atoms with Crippen molar-refractivity contribution in [2.45, 2.75) is 30.5 Å². The Morgan fingerprint density at radius 3 is 2.73 bits per heavy atom. The van der Waals surface area contributed by atoms with Gasteiger partial charge in [-0.25, -0.2) is 0 Å². The van der Waals surface area contributed by atoms with Crippen LogP contribution in [0.5, 0.6) is 0 Å². The van der Waals surface area contributed by atoms with Crippen LogP contribution in [0.2, 0.25) is 0 Å².